The number of alkyl halides is 3. The first kappa shape index (κ1) is 23.3. The van der Waals surface area contributed by atoms with Crippen LogP contribution in [0, 0.1) is 19.8 Å². The Morgan fingerprint density at radius 2 is 1.97 bits per heavy atom. The zero-order valence-corrected chi connectivity index (χ0v) is 18.5. The largest absolute Gasteiger partial charge is 0.455 e. The number of aromatic nitrogens is 4. The van der Waals surface area contributed by atoms with Gasteiger partial charge >= 0.3 is 12.1 Å². The number of carbonyl (C=O) groups is 2. The van der Waals surface area contributed by atoms with E-state index in [-0.39, 0.29) is 12.3 Å². The van der Waals surface area contributed by atoms with Gasteiger partial charge < -0.3 is 9.64 Å². The molecule has 0 unspecified atom stereocenters. The molecule has 0 bridgehead atoms. The lowest BCUT2D eigenvalue weighted by molar-refractivity contribution is -0.170. The van der Waals surface area contributed by atoms with Crippen molar-refractivity contribution in [2.75, 3.05) is 19.4 Å². The Morgan fingerprint density at radius 3 is 2.55 bits per heavy atom. The minimum Gasteiger partial charge on any atom is -0.455 e. The molecule has 0 aliphatic heterocycles. The number of rotatable bonds is 8. The predicted molar refractivity (Wildman–Crippen MR) is 107 cm³/mol. The minimum atomic E-state index is -4.52. The SMILES string of the molecule is CSc1nc2nc(C)c(CC(=O)OCC(=O)N(CC(F)(F)F)[C@H](C)C3CC3)c(C)n2n1. The zero-order chi connectivity index (χ0) is 22.9. The number of nitrogens with zero attached hydrogens (tertiary/aromatic N) is 5. The monoisotopic (exact) mass is 459 g/mol. The van der Waals surface area contributed by atoms with Gasteiger partial charge in [-0.2, -0.15) is 18.2 Å². The van der Waals surface area contributed by atoms with Crippen LogP contribution < -0.4 is 0 Å². The van der Waals surface area contributed by atoms with Crippen molar-refractivity contribution in [2.24, 2.45) is 5.92 Å². The Morgan fingerprint density at radius 1 is 1.29 bits per heavy atom. The third-order valence-electron chi connectivity index (χ3n) is 5.36. The number of amides is 1. The summed E-state index contributed by atoms with van der Waals surface area (Å²) in [4.78, 5) is 34.1. The van der Waals surface area contributed by atoms with E-state index >= 15 is 0 Å². The number of esters is 1. The summed E-state index contributed by atoms with van der Waals surface area (Å²) in [6, 6.07) is -0.554. The Hall–Kier alpha value is -2.37. The van der Waals surface area contributed by atoms with Crippen LogP contribution in [0.15, 0.2) is 5.16 Å². The molecule has 1 fully saturated rings. The van der Waals surface area contributed by atoms with Crippen molar-refractivity contribution in [3.8, 4) is 0 Å². The number of thioether (sulfide) groups is 1. The van der Waals surface area contributed by atoms with Gasteiger partial charge in [-0.05, 0) is 45.8 Å². The van der Waals surface area contributed by atoms with Crippen molar-refractivity contribution < 1.29 is 27.5 Å². The molecule has 1 aliphatic carbocycles. The molecule has 31 heavy (non-hydrogen) atoms. The molecule has 1 saturated carbocycles. The molecule has 1 aliphatic rings. The summed E-state index contributed by atoms with van der Waals surface area (Å²) in [7, 11) is 0. The van der Waals surface area contributed by atoms with Gasteiger partial charge in [0.05, 0.1) is 6.42 Å². The molecule has 8 nitrogen and oxygen atoms in total. The van der Waals surface area contributed by atoms with E-state index in [9.17, 15) is 22.8 Å². The van der Waals surface area contributed by atoms with Crippen molar-refractivity contribution in [2.45, 2.75) is 57.4 Å². The highest BCUT2D eigenvalue weighted by Crippen LogP contribution is 2.36. The maximum absolute atomic E-state index is 12.9. The Bertz CT molecular complexity index is 990. The summed E-state index contributed by atoms with van der Waals surface area (Å²) < 4.78 is 45.3. The lowest BCUT2D eigenvalue weighted by Gasteiger charge is -2.30. The molecule has 1 atom stereocenters. The topological polar surface area (TPSA) is 89.7 Å². The van der Waals surface area contributed by atoms with Crippen molar-refractivity contribution in [1.29, 1.82) is 0 Å². The zero-order valence-electron chi connectivity index (χ0n) is 17.7. The van der Waals surface area contributed by atoms with E-state index in [0.29, 0.717) is 27.9 Å². The number of aryl methyl sites for hydroxylation is 2. The molecular weight excluding hydrogens is 435 g/mol. The van der Waals surface area contributed by atoms with Crippen LogP contribution in [0.25, 0.3) is 5.78 Å². The average molecular weight is 459 g/mol. The molecule has 2 aromatic rings. The molecule has 0 saturated heterocycles. The number of carbonyl (C=O) groups excluding carboxylic acids is 2. The molecule has 2 heterocycles. The van der Waals surface area contributed by atoms with E-state index in [0.717, 1.165) is 17.7 Å². The maximum Gasteiger partial charge on any atom is 0.406 e. The van der Waals surface area contributed by atoms with Gasteiger partial charge in [-0.3, -0.25) is 9.59 Å². The van der Waals surface area contributed by atoms with Crippen LogP contribution in [0.5, 0.6) is 0 Å². The lowest BCUT2D eigenvalue weighted by atomic mass is 10.1. The summed E-state index contributed by atoms with van der Waals surface area (Å²) >= 11 is 1.36. The van der Waals surface area contributed by atoms with E-state index in [4.69, 9.17) is 4.74 Å². The van der Waals surface area contributed by atoms with Gasteiger partial charge in [-0.1, -0.05) is 11.8 Å². The third-order valence-corrected chi connectivity index (χ3v) is 5.89. The van der Waals surface area contributed by atoms with E-state index in [1.807, 2.05) is 6.26 Å². The first-order chi connectivity index (χ1) is 14.5. The van der Waals surface area contributed by atoms with Crippen molar-refractivity contribution in [3.63, 3.8) is 0 Å². The predicted octanol–water partition coefficient (Wildman–Crippen LogP) is 2.74. The van der Waals surface area contributed by atoms with Gasteiger partial charge in [0.1, 0.15) is 6.54 Å². The summed E-state index contributed by atoms with van der Waals surface area (Å²) in [5, 5.41) is 4.84. The van der Waals surface area contributed by atoms with Gasteiger partial charge in [0, 0.05) is 23.0 Å². The highest BCUT2D eigenvalue weighted by atomic mass is 32.2. The van der Waals surface area contributed by atoms with E-state index in [1.54, 1.807) is 20.8 Å². The second-order valence-corrected chi connectivity index (χ2v) is 8.40. The smallest absolute Gasteiger partial charge is 0.406 e. The number of ether oxygens (including phenoxy) is 1. The maximum atomic E-state index is 12.9. The molecule has 12 heteroatoms. The van der Waals surface area contributed by atoms with Crippen LogP contribution in [0.4, 0.5) is 13.2 Å². The highest BCUT2D eigenvalue weighted by molar-refractivity contribution is 7.98. The summed E-state index contributed by atoms with van der Waals surface area (Å²) in [5.41, 5.74) is 1.79. The summed E-state index contributed by atoms with van der Waals surface area (Å²) in [6.07, 6.45) is -1.29. The summed E-state index contributed by atoms with van der Waals surface area (Å²) in [5.74, 6) is -1.12. The average Bonchev–Trinajstić information content (AvgIpc) is 3.46. The molecule has 170 valence electrons. The van der Waals surface area contributed by atoms with Crippen LogP contribution in [0.2, 0.25) is 0 Å². The Kier molecular flexibility index (Phi) is 6.77. The van der Waals surface area contributed by atoms with Gasteiger partial charge in [0.15, 0.2) is 6.61 Å². The van der Waals surface area contributed by atoms with Crippen LogP contribution >= 0.6 is 11.8 Å². The van der Waals surface area contributed by atoms with Crippen molar-refractivity contribution >= 4 is 29.4 Å². The molecule has 0 radical (unpaired) electrons. The van der Waals surface area contributed by atoms with Gasteiger partial charge in [0.25, 0.3) is 11.7 Å². The first-order valence-electron chi connectivity index (χ1n) is 9.79. The standard InChI is InChI=1S/C19H24F3N5O3S/c1-10-14(12(3)27-17(23-10)24-18(25-27)31-4)7-16(29)30-8-15(28)26(9-19(20,21)22)11(2)13-5-6-13/h11,13H,5-9H2,1-4H3/t11-/m1/s1. The summed E-state index contributed by atoms with van der Waals surface area (Å²) in [6.45, 7) is 2.98. The van der Waals surface area contributed by atoms with E-state index < -0.39 is 37.2 Å². The fourth-order valence-electron chi connectivity index (χ4n) is 3.44. The number of hydrogen-bond acceptors (Lipinski definition) is 7. The number of fused-ring (bicyclic) bond motifs is 1. The van der Waals surface area contributed by atoms with Gasteiger partial charge in [-0.15, -0.1) is 5.10 Å². The molecule has 0 N–H and O–H groups in total. The Labute approximate surface area is 181 Å². The van der Waals surface area contributed by atoms with Gasteiger partial charge in [0.2, 0.25) is 5.16 Å². The number of hydrogen-bond donors (Lipinski definition) is 0. The van der Waals surface area contributed by atoms with Gasteiger partial charge in [-0.25, -0.2) is 9.50 Å². The van der Waals surface area contributed by atoms with Crippen LogP contribution in [-0.2, 0) is 20.7 Å². The molecule has 2 aromatic heterocycles. The molecule has 1 amide bonds. The molecular formula is C19H24F3N5O3S. The lowest BCUT2D eigenvalue weighted by Crippen LogP contribution is -2.47. The quantitative estimate of drug-likeness (QED) is 0.443. The second-order valence-electron chi connectivity index (χ2n) is 7.62. The second kappa shape index (κ2) is 9.01. The van der Waals surface area contributed by atoms with Crippen molar-refractivity contribution in [3.05, 3.63) is 17.0 Å². The minimum absolute atomic E-state index is 0.0546. The first-order valence-corrected chi connectivity index (χ1v) is 11.0. The van der Waals surface area contributed by atoms with Crippen LogP contribution in [0.1, 0.15) is 36.7 Å². The van der Waals surface area contributed by atoms with E-state index in [2.05, 4.69) is 15.1 Å². The van der Waals surface area contributed by atoms with Crippen LogP contribution in [-0.4, -0.2) is 68.0 Å². The molecule has 0 aromatic carbocycles. The van der Waals surface area contributed by atoms with E-state index in [1.165, 1.54) is 16.3 Å². The third kappa shape index (κ3) is 5.66. The fourth-order valence-corrected chi connectivity index (χ4v) is 3.77. The number of halogens is 3. The highest BCUT2D eigenvalue weighted by Gasteiger charge is 2.40. The fraction of sp³-hybridized carbons (Fsp3) is 0.632. The van der Waals surface area contributed by atoms with Crippen LogP contribution in [0.3, 0.4) is 0 Å². The normalized spacial score (nSPS) is 15.2. The van der Waals surface area contributed by atoms with Crippen molar-refractivity contribution in [1.82, 2.24) is 24.5 Å². The molecule has 3 rings (SSSR count). The molecule has 0 spiro atoms. The Balaban J connectivity index is 1.66.